The van der Waals surface area contributed by atoms with Gasteiger partial charge in [-0.25, -0.2) is 0 Å². The Kier molecular flexibility index (Phi) is 4.94. The third-order valence-electron chi connectivity index (χ3n) is 4.45. The minimum absolute atomic E-state index is 0.0107. The number of nitrogens with zero attached hydrogens (tertiary/aromatic N) is 1. The molecule has 2 aromatic rings. The van der Waals surface area contributed by atoms with Crippen LogP contribution >= 0.6 is 0 Å². The highest BCUT2D eigenvalue weighted by Gasteiger charge is 2.34. The molecular weight excluding hydrogens is 302 g/mol. The standard InChI is InChI=1S/C20H21NO3/c1-24-17-11-9-16(10-12-17)20(23)18-8-5-13-21(18)19(22)14-15-6-3-2-4-7-15/h2-4,6-7,9-12,18H,5,8,13-14H2,1H3. The lowest BCUT2D eigenvalue weighted by Gasteiger charge is -2.24. The second-order valence-corrected chi connectivity index (χ2v) is 6.00. The van der Waals surface area contributed by atoms with E-state index < -0.39 is 0 Å². The van der Waals surface area contributed by atoms with Gasteiger partial charge in [0, 0.05) is 12.1 Å². The van der Waals surface area contributed by atoms with Crippen molar-refractivity contribution in [2.24, 2.45) is 0 Å². The molecule has 4 heteroatoms. The number of ketones is 1. The Hall–Kier alpha value is -2.62. The van der Waals surface area contributed by atoms with Crippen molar-refractivity contribution in [3.8, 4) is 5.75 Å². The number of rotatable bonds is 5. The molecular formula is C20H21NO3. The summed E-state index contributed by atoms with van der Waals surface area (Å²) in [4.78, 5) is 27.1. The van der Waals surface area contributed by atoms with Crippen LogP contribution in [0.15, 0.2) is 54.6 Å². The predicted molar refractivity (Wildman–Crippen MR) is 92.2 cm³/mol. The summed E-state index contributed by atoms with van der Waals surface area (Å²) in [6.45, 7) is 0.651. The van der Waals surface area contributed by atoms with Gasteiger partial charge >= 0.3 is 0 Å². The molecule has 0 N–H and O–H groups in total. The van der Waals surface area contributed by atoms with Crippen molar-refractivity contribution in [2.45, 2.75) is 25.3 Å². The van der Waals surface area contributed by atoms with Crippen molar-refractivity contribution in [1.82, 2.24) is 4.90 Å². The molecule has 0 spiro atoms. The molecule has 0 radical (unpaired) electrons. The minimum Gasteiger partial charge on any atom is -0.497 e. The van der Waals surface area contributed by atoms with Crippen LogP contribution in [-0.4, -0.2) is 36.3 Å². The average molecular weight is 323 g/mol. The fraction of sp³-hybridized carbons (Fsp3) is 0.300. The van der Waals surface area contributed by atoms with Crippen molar-refractivity contribution in [3.05, 3.63) is 65.7 Å². The maximum Gasteiger partial charge on any atom is 0.227 e. The molecule has 4 nitrogen and oxygen atoms in total. The maximum atomic E-state index is 12.8. The lowest BCUT2D eigenvalue weighted by Crippen LogP contribution is -2.41. The zero-order valence-corrected chi connectivity index (χ0v) is 13.8. The average Bonchev–Trinajstić information content (AvgIpc) is 3.12. The summed E-state index contributed by atoms with van der Waals surface area (Å²) in [6, 6.07) is 16.4. The van der Waals surface area contributed by atoms with E-state index in [-0.39, 0.29) is 17.7 Å². The highest BCUT2D eigenvalue weighted by atomic mass is 16.5. The Labute approximate surface area is 142 Å². The topological polar surface area (TPSA) is 46.6 Å². The smallest absolute Gasteiger partial charge is 0.227 e. The zero-order chi connectivity index (χ0) is 16.9. The lowest BCUT2D eigenvalue weighted by atomic mass is 10.0. The van der Waals surface area contributed by atoms with E-state index in [4.69, 9.17) is 4.74 Å². The number of carbonyl (C=O) groups excluding carboxylic acids is 2. The number of hydrogen-bond donors (Lipinski definition) is 0. The monoisotopic (exact) mass is 323 g/mol. The van der Waals surface area contributed by atoms with Crippen molar-refractivity contribution in [1.29, 1.82) is 0 Å². The molecule has 1 unspecified atom stereocenters. The first-order valence-corrected chi connectivity index (χ1v) is 8.20. The van der Waals surface area contributed by atoms with Crippen LogP contribution in [0.2, 0.25) is 0 Å². The van der Waals surface area contributed by atoms with Crippen LogP contribution in [0.5, 0.6) is 5.75 Å². The first kappa shape index (κ1) is 16.2. The summed E-state index contributed by atoms with van der Waals surface area (Å²) in [5.74, 6) is 0.747. The number of carbonyl (C=O) groups is 2. The van der Waals surface area contributed by atoms with E-state index in [0.717, 1.165) is 24.2 Å². The largest absolute Gasteiger partial charge is 0.497 e. The Morgan fingerprint density at radius 1 is 1.08 bits per heavy atom. The fourth-order valence-corrected chi connectivity index (χ4v) is 3.16. The predicted octanol–water partition coefficient (Wildman–Crippen LogP) is 3.11. The number of benzene rings is 2. The Balaban J connectivity index is 1.72. The van der Waals surface area contributed by atoms with Crippen LogP contribution in [-0.2, 0) is 11.2 Å². The van der Waals surface area contributed by atoms with Crippen molar-refractivity contribution in [2.75, 3.05) is 13.7 Å². The van der Waals surface area contributed by atoms with Gasteiger partial charge in [-0.15, -0.1) is 0 Å². The molecule has 1 aliphatic heterocycles. The van der Waals surface area contributed by atoms with Gasteiger partial charge in [0.25, 0.3) is 0 Å². The van der Waals surface area contributed by atoms with Gasteiger partial charge in [-0.3, -0.25) is 9.59 Å². The summed E-state index contributed by atoms with van der Waals surface area (Å²) in [7, 11) is 1.60. The summed E-state index contributed by atoms with van der Waals surface area (Å²) < 4.78 is 5.12. The van der Waals surface area contributed by atoms with Crippen molar-refractivity contribution in [3.63, 3.8) is 0 Å². The minimum atomic E-state index is -0.352. The summed E-state index contributed by atoms with van der Waals surface area (Å²) >= 11 is 0. The van der Waals surface area contributed by atoms with E-state index in [1.807, 2.05) is 30.3 Å². The van der Waals surface area contributed by atoms with E-state index in [9.17, 15) is 9.59 Å². The lowest BCUT2D eigenvalue weighted by molar-refractivity contribution is -0.130. The van der Waals surface area contributed by atoms with Gasteiger partial charge in [-0.05, 0) is 42.7 Å². The molecule has 0 saturated carbocycles. The highest BCUT2D eigenvalue weighted by molar-refractivity contribution is 6.02. The summed E-state index contributed by atoms with van der Waals surface area (Å²) in [6.07, 6.45) is 1.94. The molecule has 1 fully saturated rings. The third-order valence-corrected chi connectivity index (χ3v) is 4.45. The highest BCUT2D eigenvalue weighted by Crippen LogP contribution is 2.23. The number of methoxy groups -OCH3 is 1. The Bertz CT molecular complexity index is 709. The van der Waals surface area contributed by atoms with Crippen molar-refractivity contribution >= 4 is 11.7 Å². The molecule has 24 heavy (non-hydrogen) atoms. The molecule has 0 aliphatic carbocycles. The van der Waals surface area contributed by atoms with E-state index in [1.165, 1.54) is 0 Å². The molecule has 2 aromatic carbocycles. The van der Waals surface area contributed by atoms with E-state index in [1.54, 1.807) is 36.3 Å². The molecule has 124 valence electrons. The Morgan fingerprint density at radius 3 is 2.46 bits per heavy atom. The molecule has 1 amide bonds. The maximum absolute atomic E-state index is 12.8. The van der Waals surface area contributed by atoms with Gasteiger partial charge in [0.2, 0.25) is 5.91 Å². The van der Waals surface area contributed by atoms with Gasteiger partial charge in [-0.1, -0.05) is 30.3 Å². The molecule has 1 atom stereocenters. The van der Waals surface area contributed by atoms with E-state index in [0.29, 0.717) is 18.5 Å². The zero-order valence-electron chi connectivity index (χ0n) is 13.8. The summed E-state index contributed by atoms with van der Waals surface area (Å²) in [5.41, 5.74) is 1.60. The van der Waals surface area contributed by atoms with Crippen LogP contribution in [0.1, 0.15) is 28.8 Å². The molecule has 1 saturated heterocycles. The van der Waals surface area contributed by atoms with Crippen LogP contribution in [0.4, 0.5) is 0 Å². The second kappa shape index (κ2) is 7.30. The van der Waals surface area contributed by atoms with Crippen LogP contribution in [0, 0.1) is 0 Å². The molecule has 1 aliphatic rings. The van der Waals surface area contributed by atoms with Gasteiger partial charge in [0.1, 0.15) is 5.75 Å². The molecule has 3 rings (SSSR count). The number of ether oxygens (including phenoxy) is 1. The second-order valence-electron chi connectivity index (χ2n) is 6.00. The fourth-order valence-electron chi connectivity index (χ4n) is 3.16. The van der Waals surface area contributed by atoms with Crippen LogP contribution in [0.25, 0.3) is 0 Å². The number of likely N-dealkylation sites (tertiary alicyclic amines) is 1. The van der Waals surface area contributed by atoms with Crippen LogP contribution < -0.4 is 4.74 Å². The first-order valence-electron chi connectivity index (χ1n) is 8.20. The number of Topliss-reactive ketones (excluding diaryl/α,β-unsaturated/α-hetero) is 1. The summed E-state index contributed by atoms with van der Waals surface area (Å²) in [5, 5.41) is 0. The van der Waals surface area contributed by atoms with Gasteiger partial charge in [0.15, 0.2) is 5.78 Å². The van der Waals surface area contributed by atoms with Gasteiger partial charge in [-0.2, -0.15) is 0 Å². The van der Waals surface area contributed by atoms with E-state index >= 15 is 0 Å². The quantitative estimate of drug-likeness (QED) is 0.794. The third kappa shape index (κ3) is 3.48. The molecule has 0 bridgehead atoms. The van der Waals surface area contributed by atoms with Gasteiger partial charge < -0.3 is 9.64 Å². The molecule has 0 aromatic heterocycles. The normalized spacial score (nSPS) is 16.9. The Morgan fingerprint density at radius 2 is 1.79 bits per heavy atom. The number of amides is 1. The van der Waals surface area contributed by atoms with Gasteiger partial charge in [0.05, 0.1) is 19.6 Å². The van der Waals surface area contributed by atoms with Crippen molar-refractivity contribution < 1.29 is 14.3 Å². The first-order chi connectivity index (χ1) is 11.7. The number of hydrogen-bond acceptors (Lipinski definition) is 3. The van der Waals surface area contributed by atoms with Crippen LogP contribution in [0.3, 0.4) is 0 Å². The molecule has 1 heterocycles. The SMILES string of the molecule is COc1ccc(C(=O)C2CCCN2C(=O)Cc2ccccc2)cc1. The van der Waals surface area contributed by atoms with E-state index in [2.05, 4.69) is 0 Å².